The molecule has 0 saturated heterocycles. The lowest BCUT2D eigenvalue weighted by molar-refractivity contribution is 0.275. The normalized spacial score (nSPS) is 8.25. The molecular formula is CH5BNO4P. The van der Waals surface area contributed by atoms with E-state index in [0.717, 1.165) is 0 Å². The van der Waals surface area contributed by atoms with E-state index in [4.69, 9.17) is 24.5 Å². The minimum Gasteiger partial charge on any atom is -0.303 e. The third-order valence-electron chi connectivity index (χ3n) is 0. The maximum absolute atomic E-state index is 8.88. The van der Waals surface area contributed by atoms with Gasteiger partial charge in [0.25, 0.3) is 0 Å². The molecule has 0 spiro atoms. The van der Waals surface area contributed by atoms with Crippen molar-refractivity contribution >= 4 is 15.7 Å². The van der Waals surface area contributed by atoms with Crippen LogP contribution in [-0.2, 0) is 4.57 Å². The zero-order chi connectivity index (χ0) is 7.21. The molecule has 0 atom stereocenters. The molecule has 0 bridgehead atoms. The van der Waals surface area contributed by atoms with Crippen molar-refractivity contribution in [3.8, 4) is 5.97 Å². The Labute approximate surface area is 47.2 Å². The molecule has 0 heterocycles. The van der Waals surface area contributed by atoms with E-state index < -0.39 is 7.82 Å². The van der Waals surface area contributed by atoms with Crippen LogP contribution in [0.1, 0.15) is 0 Å². The summed E-state index contributed by atoms with van der Waals surface area (Å²) in [7, 11) is -3.21. The van der Waals surface area contributed by atoms with E-state index in [1.54, 1.807) is 5.97 Å². The zero-order valence-electron chi connectivity index (χ0n) is 4.14. The van der Waals surface area contributed by atoms with Gasteiger partial charge < -0.3 is 14.7 Å². The Morgan fingerprint density at radius 3 is 1.50 bits per heavy atom. The van der Waals surface area contributed by atoms with Crippen LogP contribution < -0.4 is 0 Å². The monoisotopic (exact) mass is 137 g/mol. The lowest BCUT2D eigenvalue weighted by atomic mass is 10.2. The Hall–Kier alpha value is -0.335. The summed E-state index contributed by atoms with van der Waals surface area (Å²) < 4.78 is 8.88. The first-order chi connectivity index (χ1) is 3.41. The van der Waals surface area contributed by atoms with Crippen LogP contribution in [0.2, 0.25) is 0 Å². The van der Waals surface area contributed by atoms with Gasteiger partial charge in [-0.05, 0) is 5.97 Å². The highest BCUT2D eigenvalue weighted by molar-refractivity contribution is 7.45. The summed E-state index contributed by atoms with van der Waals surface area (Å²) in [6.07, 6.45) is 0. The molecule has 0 aliphatic carbocycles. The van der Waals surface area contributed by atoms with Crippen LogP contribution in [0, 0.1) is 11.2 Å². The predicted octanol–water partition coefficient (Wildman–Crippen LogP) is -1.83. The van der Waals surface area contributed by atoms with Gasteiger partial charge in [0.2, 0.25) is 7.85 Å². The highest BCUT2D eigenvalue weighted by Crippen LogP contribution is 2.25. The summed E-state index contributed by atoms with van der Waals surface area (Å²) in [4.78, 5) is 21.6. The van der Waals surface area contributed by atoms with E-state index in [9.17, 15) is 0 Å². The molecule has 3 N–H and O–H groups in total. The average molecular weight is 137 g/mol. The summed E-state index contributed by atoms with van der Waals surface area (Å²) >= 11 is 0. The van der Waals surface area contributed by atoms with Crippen LogP contribution >= 0.6 is 7.82 Å². The molecule has 0 radical (unpaired) electrons. The van der Waals surface area contributed by atoms with Gasteiger partial charge in [0.15, 0.2) is 0 Å². The Balaban J connectivity index is 0. The highest BCUT2D eigenvalue weighted by Gasteiger charge is 2.00. The van der Waals surface area contributed by atoms with Gasteiger partial charge in [-0.25, -0.2) is 9.83 Å². The van der Waals surface area contributed by atoms with Gasteiger partial charge in [-0.15, -0.1) is 0 Å². The fourth-order valence-corrected chi connectivity index (χ4v) is 0. The summed E-state index contributed by atoms with van der Waals surface area (Å²) in [5, 5.41) is 7.32. The Morgan fingerprint density at radius 2 is 1.50 bits per heavy atom. The standard InChI is InChI=1S/CH2BN.H3O4P/c2-1-3;1-5(2,3)4/h2H2;(H3,1,2,3,4). The summed E-state index contributed by atoms with van der Waals surface area (Å²) in [6, 6.07) is 0. The van der Waals surface area contributed by atoms with Crippen molar-refractivity contribution < 1.29 is 19.2 Å². The van der Waals surface area contributed by atoms with Crippen molar-refractivity contribution in [1.82, 2.24) is 0 Å². The highest BCUT2D eigenvalue weighted by atomic mass is 31.2. The van der Waals surface area contributed by atoms with Gasteiger partial charge in [0.05, 0.1) is 0 Å². The Morgan fingerprint density at radius 1 is 1.50 bits per heavy atom. The van der Waals surface area contributed by atoms with Gasteiger partial charge in [0.1, 0.15) is 0 Å². The number of nitriles is 1. The van der Waals surface area contributed by atoms with E-state index in [2.05, 4.69) is 0 Å². The van der Waals surface area contributed by atoms with Gasteiger partial charge in [-0.2, -0.15) is 0 Å². The van der Waals surface area contributed by atoms with E-state index in [1.807, 2.05) is 0 Å². The first-order valence-corrected chi connectivity index (χ1v) is 3.07. The van der Waals surface area contributed by atoms with Gasteiger partial charge in [-0.3, -0.25) is 0 Å². The summed E-state index contributed by atoms with van der Waals surface area (Å²) in [5.41, 5.74) is 0. The second-order valence-electron chi connectivity index (χ2n) is 0.737. The fraction of sp³-hybridized carbons (Fsp3) is 0. The van der Waals surface area contributed by atoms with Crippen molar-refractivity contribution in [2.75, 3.05) is 0 Å². The quantitative estimate of drug-likeness (QED) is 0.269. The fourth-order valence-electron chi connectivity index (χ4n) is 0. The molecule has 0 aromatic heterocycles. The van der Waals surface area contributed by atoms with Crippen LogP contribution in [-0.4, -0.2) is 22.5 Å². The molecule has 0 aliphatic rings. The molecule has 0 aromatic rings. The summed E-state index contributed by atoms with van der Waals surface area (Å²) in [5.74, 6) is 1.75. The lowest BCUT2D eigenvalue weighted by Crippen LogP contribution is -1.66. The van der Waals surface area contributed by atoms with Crippen LogP contribution in [0.5, 0.6) is 0 Å². The van der Waals surface area contributed by atoms with E-state index in [0.29, 0.717) is 0 Å². The molecule has 8 heavy (non-hydrogen) atoms. The minimum absolute atomic E-state index is 1.43. The number of nitrogens with zero attached hydrogens (tertiary/aromatic N) is 1. The van der Waals surface area contributed by atoms with Crippen LogP contribution in [0.25, 0.3) is 0 Å². The first kappa shape index (κ1) is 10.6. The predicted molar refractivity (Wildman–Crippen MR) is 28.4 cm³/mol. The molecule has 0 saturated carbocycles. The van der Waals surface area contributed by atoms with Crippen molar-refractivity contribution in [1.29, 1.82) is 5.26 Å². The molecule has 0 aliphatic heterocycles. The topological polar surface area (TPSA) is 102 Å². The second kappa shape index (κ2) is 4.81. The van der Waals surface area contributed by atoms with E-state index in [1.165, 1.54) is 7.85 Å². The third-order valence-corrected chi connectivity index (χ3v) is 0. The number of hydrogen-bond acceptors (Lipinski definition) is 2. The van der Waals surface area contributed by atoms with Crippen LogP contribution in [0.15, 0.2) is 0 Å². The molecule has 7 heteroatoms. The largest absolute Gasteiger partial charge is 0.466 e. The number of hydrogen-bond donors (Lipinski definition) is 3. The Bertz CT molecular complexity index is 114. The average Bonchev–Trinajstić information content (AvgIpc) is 1.27. The first-order valence-electron chi connectivity index (χ1n) is 1.51. The summed E-state index contributed by atoms with van der Waals surface area (Å²) in [6.45, 7) is 0. The van der Waals surface area contributed by atoms with E-state index in [-0.39, 0.29) is 0 Å². The molecule has 0 amide bonds. The van der Waals surface area contributed by atoms with Gasteiger partial charge in [0, 0.05) is 0 Å². The van der Waals surface area contributed by atoms with Crippen LogP contribution in [0.4, 0.5) is 0 Å². The SMILES string of the molecule is BC#N.O=P(O)(O)O. The lowest BCUT2D eigenvalue weighted by Gasteiger charge is -1.82. The van der Waals surface area contributed by atoms with Gasteiger partial charge in [-0.1, -0.05) is 0 Å². The minimum atomic E-state index is -4.64. The molecule has 5 nitrogen and oxygen atoms in total. The van der Waals surface area contributed by atoms with Crippen molar-refractivity contribution in [3.05, 3.63) is 0 Å². The maximum atomic E-state index is 8.88. The van der Waals surface area contributed by atoms with E-state index >= 15 is 0 Å². The second-order valence-corrected chi connectivity index (χ2v) is 1.76. The number of rotatable bonds is 0. The molecular weight excluding hydrogens is 132 g/mol. The zero-order valence-corrected chi connectivity index (χ0v) is 5.04. The van der Waals surface area contributed by atoms with Crippen molar-refractivity contribution in [3.63, 3.8) is 0 Å². The van der Waals surface area contributed by atoms with Crippen molar-refractivity contribution in [2.24, 2.45) is 0 Å². The molecule has 46 valence electrons. The van der Waals surface area contributed by atoms with Crippen molar-refractivity contribution in [2.45, 2.75) is 0 Å². The van der Waals surface area contributed by atoms with Crippen LogP contribution in [0.3, 0.4) is 0 Å². The molecule has 0 fully saturated rings. The molecule has 0 unspecified atom stereocenters. The number of phosphoric acid groups is 1. The maximum Gasteiger partial charge on any atom is 0.466 e. The Kier molecular flexibility index (Phi) is 6.39. The smallest absolute Gasteiger partial charge is 0.303 e. The molecule has 0 aromatic carbocycles. The van der Waals surface area contributed by atoms with Gasteiger partial charge >= 0.3 is 7.82 Å². The third kappa shape index (κ3) is 1100. The molecule has 0 rings (SSSR count).